The fourth-order valence-corrected chi connectivity index (χ4v) is 2.75. The molecule has 0 amide bonds. The predicted molar refractivity (Wildman–Crippen MR) is 87.9 cm³/mol. The number of rotatable bonds is 2. The Bertz CT molecular complexity index is 797. The molecular formula is C19H20N2. The van der Waals surface area contributed by atoms with E-state index in [0.29, 0.717) is 0 Å². The van der Waals surface area contributed by atoms with Crippen LogP contribution in [0.5, 0.6) is 0 Å². The molecule has 21 heavy (non-hydrogen) atoms. The fourth-order valence-electron chi connectivity index (χ4n) is 2.75. The summed E-state index contributed by atoms with van der Waals surface area (Å²) in [6.07, 6.45) is 0. The van der Waals surface area contributed by atoms with Gasteiger partial charge in [0.25, 0.3) is 0 Å². The minimum atomic E-state index is 1.05. The van der Waals surface area contributed by atoms with Crippen LogP contribution in [0, 0.1) is 27.7 Å². The maximum atomic E-state index is 4.65. The summed E-state index contributed by atoms with van der Waals surface area (Å²) in [4.78, 5) is 0. The summed E-state index contributed by atoms with van der Waals surface area (Å²) in [7, 11) is 0. The van der Waals surface area contributed by atoms with Gasteiger partial charge < -0.3 is 0 Å². The molecule has 106 valence electrons. The molecule has 0 aliphatic rings. The van der Waals surface area contributed by atoms with Gasteiger partial charge in [-0.05, 0) is 51.0 Å². The molecule has 0 N–H and O–H groups in total. The molecule has 3 aromatic rings. The van der Waals surface area contributed by atoms with E-state index in [9.17, 15) is 0 Å². The lowest BCUT2D eigenvalue weighted by Crippen LogP contribution is -2.02. The van der Waals surface area contributed by atoms with Crippen LogP contribution >= 0.6 is 0 Å². The summed E-state index contributed by atoms with van der Waals surface area (Å²) in [5, 5.41) is 4.65. The average molecular weight is 276 g/mol. The van der Waals surface area contributed by atoms with Crippen molar-refractivity contribution in [2.45, 2.75) is 27.7 Å². The second kappa shape index (κ2) is 5.21. The second-order valence-electron chi connectivity index (χ2n) is 5.73. The largest absolute Gasteiger partial charge is 0.237 e. The van der Waals surface area contributed by atoms with Gasteiger partial charge >= 0.3 is 0 Å². The normalized spacial score (nSPS) is 10.9. The van der Waals surface area contributed by atoms with Gasteiger partial charge in [0.1, 0.15) is 0 Å². The van der Waals surface area contributed by atoms with Crippen LogP contribution in [-0.4, -0.2) is 9.78 Å². The van der Waals surface area contributed by atoms with Gasteiger partial charge in [0.2, 0.25) is 0 Å². The third-order valence-electron chi connectivity index (χ3n) is 3.72. The van der Waals surface area contributed by atoms with Gasteiger partial charge in [-0.2, -0.15) is 5.10 Å². The lowest BCUT2D eigenvalue weighted by Gasteiger charge is -2.13. The summed E-state index contributed by atoms with van der Waals surface area (Å²) in [6.45, 7) is 8.38. The Labute approximate surface area is 126 Å². The van der Waals surface area contributed by atoms with Crippen LogP contribution in [0.1, 0.15) is 22.5 Å². The predicted octanol–water partition coefficient (Wildman–Crippen LogP) is 4.77. The van der Waals surface area contributed by atoms with Gasteiger partial charge in [0.15, 0.2) is 0 Å². The third kappa shape index (κ3) is 2.62. The van der Waals surface area contributed by atoms with Crippen LogP contribution in [0.4, 0.5) is 0 Å². The van der Waals surface area contributed by atoms with Crippen molar-refractivity contribution in [3.8, 4) is 16.8 Å². The van der Waals surface area contributed by atoms with E-state index in [1.165, 1.54) is 22.3 Å². The number of aryl methyl sites for hydroxylation is 4. The lowest BCUT2D eigenvalue weighted by atomic mass is 10.00. The molecule has 0 aliphatic carbocycles. The number of hydrogen-bond acceptors (Lipinski definition) is 1. The minimum Gasteiger partial charge on any atom is -0.237 e. The molecule has 0 atom stereocenters. The molecule has 0 saturated carbocycles. The molecule has 3 rings (SSSR count). The molecule has 0 saturated heterocycles. The smallest absolute Gasteiger partial charge is 0.0729 e. The lowest BCUT2D eigenvalue weighted by molar-refractivity contribution is 0.834. The molecule has 0 bridgehead atoms. The minimum absolute atomic E-state index is 1.05. The van der Waals surface area contributed by atoms with E-state index >= 15 is 0 Å². The zero-order valence-corrected chi connectivity index (χ0v) is 13.0. The van der Waals surface area contributed by atoms with Crippen molar-refractivity contribution >= 4 is 0 Å². The zero-order chi connectivity index (χ0) is 15.0. The summed E-state index contributed by atoms with van der Waals surface area (Å²) in [5.41, 5.74) is 8.32. The Morgan fingerprint density at radius 2 is 1.57 bits per heavy atom. The van der Waals surface area contributed by atoms with Crippen molar-refractivity contribution in [2.24, 2.45) is 0 Å². The zero-order valence-electron chi connectivity index (χ0n) is 13.0. The number of nitrogens with zero attached hydrogens (tertiary/aromatic N) is 2. The molecule has 0 fully saturated rings. The Kier molecular flexibility index (Phi) is 3.38. The van der Waals surface area contributed by atoms with Crippen molar-refractivity contribution in [3.05, 3.63) is 71.0 Å². The Hall–Kier alpha value is -2.35. The monoisotopic (exact) mass is 276 g/mol. The SMILES string of the molecule is Cc1cccc(-c2ccc(C)cc2-n2nc(C)cc2C)c1. The van der Waals surface area contributed by atoms with Gasteiger partial charge in [-0.25, -0.2) is 4.68 Å². The summed E-state index contributed by atoms with van der Waals surface area (Å²) >= 11 is 0. The van der Waals surface area contributed by atoms with E-state index in [2.05, 4.69) is 74.4 Å². The van der Waals surface area contributed by atoms with Crippen LogP contribution in [0.2, 0.25) is 0 Å². The molecule has 1 heterocycles. The molecular weight excluding hydrogens is 256 g/mol. The number of aromatic nitrogens is 2. The second-order valence-corrected chi connectivity index (χ2v) is 5.73. The van der Waals surface area contributed by atoms with Gasteiger partial charge in [-0.15, -0.1) is 0 Å². The molecule has 0 spiro atoms. The van der Waals surface area contributed by atoms with Crippen LogP contribution in [0.25, 0.3) is 16.8 Å². The maximum Gasteiger partial charge on any atom is 0.0729 e. The van der Waals surface area contributed by atoms with E-state index in [4.69, 9.17) is 0 Å². The standard InChI is InChI=1S/C19H20N2/c1-13-6-5-7-17(10-13)18-9-8-14(2)11-19(18)21-16(4)12-15(3)20-21/h5-12H,1-4H3. The van der Waals surface area contributed by atoms with Crippen molar-refractivity contribution in [2.75, 3.05) is 0 Å². The molecule has 0 radical (unpaired) electrons. The van der Waals surface area contributed by atoms with Crippen LogP contribution in [-0.2, 0) is 0 Å². The van der Waals surface area contributed by atoms with Crippen molar-refractivity contribution in [1.29, 1.82) is 0 Å². The summed E-state index contributed by atoms with van der Waals surface area (Å²) in [6, 6.07) is 17.3. The number of benzene rings is 2. The topological polar surface area (TPSA) is 17.8 Å². The maximum absolute atomic E-state index is 4.65. The highest BCUT2D eigenvalue weighted by Gasteiger charge is 2.11. The Morgan fingerprint density at radius 3 is 2.24 bits per heavy atom. The van der Waals surface area contributed by atoms with E-state index in [-0.39, 0.29) is 0 Å². The Balaban J connectivity index is 2.25. The number of hydrogen-bond donors (Lipinski definition) is 0. The molecule has 0 aliphatic heterocycles. The van der Waals surface area contributed by atoms with Gasteiger partial charge in [-0.1, -0.05) is 42.0 Å². The first-order chi connectivity index (χ1) is 10.0. The summed E-state index contributed by atoms with van der Waals surface area (Å²) in [5.74, 6) is 0. The van der Waals surface area contributed by atoms with Gasteiger partial charge in [0.05, 0.1) is 11.4 Å². The highest BCUT2D eigenvalue weighted by molar-refractivity contribution is 5.74. The molecule has 2 heteroatoms. The fraction of sp³-hybridized carbons (Fsp3) is 0.211. The van der Waals surface area contributed by atoms with Gasteiger partial charge in [-0.3, -0.25) is 0 Å². The molecule has 1 aromatic heterocycles. The molecule has 2 aromatic carbocycles. The summed E-state index contributed by atoms with van der Waals surface area (Å²) < 4.78 is 2.04. The van der Waals surface area contributed by atoms with Gasteiger partial charge in [0, 0.05) is 11.3 Å². The van der Waals surface area contributed by atoms with Crippen LogP contribution in [0.15, 0.2) is 48.5 Å². The van der Waals surface area contributed by atoms with E-state index in [0.717, 1.165) is 17.1 Å². The third-order valence-corrected chi connectivity index (χ3v) is 3.72. The van der Waals surface area contributed by atoms with E-state index in [1.54, 1.807) is 0 Å². The first-order valence-corrected chi connectivity index (χ1v) is 7.26. The molecule has 0 unspecified atom stereocenters. The van der Waals surface area contributed by atoms with Crippen LogP contribution in [0.3, 0.4) is 0 Å². The van der Waals surface area contributed by atoms with E-state index in [1.807, 2.05) is 11.6 Å². The molecule has 2 nitrogen and oxygen atoms in total. The van der Waals surface area contributed by atoms with Crippen LogP contribution < -0.4 is 0 Å². The first kappa shape index (κ1) is 13.6. The van der Waals surface area contributed by atoms with Crippen molar-refractivity contribution < 1.29 is 0 Å². The van der Waals surface area contributed by atoms with E-state index < -0.39 is 0 Å². The van der Waals surface area contributed by atoms with Crippen molar-refractivity contribution in [3.63, 3.8) is 0 Å². The van der Waals surface area contributed by atoms with Crippen molar-refractivity contribution in [1.82, 2.24) is 9.78 Å². The highest BCUT2D eigenvalue weighted by atomic mass is 15.3. The highest BCUT2D eigenvalue weighted by Crippen LogP contribution is 2.29. The first-order valence-electron chi connectivity index (χ1n) is 7.26. The Morgan fingerprint density at radius 1 is 0.810 bits per heavy atom. The quantitative estimate of drug-likeness (QED) is 0.659. The average Bonchev–Trinajstić information content (AvgIpc) is 2.77.